The van der Waals surface area contributed by atoms with E-state index >= 15 is 0 Å². The standard InChI is InChI=1S/C9H14ClN3/c1-2-3-8(10)6-13-9-7-11-4-5-12-9/h4-5,7-8H,2-3,6H2,1H3,(H,12,13). The van der Waals surface area contributed by atoms with E-state index in [1.54, 1.807) is 18.6 Å². The summed E-state index contributed by atoms with van der Waals surface area (Å²) in [4.78, 5) is 8.02. The largest absolute Gasteiger partial charge is 0.367 e. The molecular formula is C9H14ClN3. The number of aromatic nitrogens is 2. The molecule has 0 aliphatic heterocycles. The fraction of sp³-hybridized carbons (Fsp3) is 0.556. The molecule has 72 valence electrons. The first-order valence-electron chi connectivity index (χ1n) is 4.47. The van der Waals surface area contributed by atoms with Crippen LogP contribution in [-0.2, 0) is 0 Å². The van der Waals surface area contributed by atoms with Crippen LogP contribution in [0.2, 0.25) is 0 Å². The van der Waals surface area contributed by atoms with E-state index in [9.17, 15) is 0 Å². The summed E-state index contributed by atoms with van der Waals surface area (Å²) in [5, 5.41) is 3.30. The molecule has 13 heavy (non-hydrogen) atoms. The molecule has 1 atom stereocenters. The molecule has 1 rings (SSSR count). The SMILES string of the molecule is CCCC(Cl)CNc1cnccn1. The van der Waals surface area contributed by atoms with Crippen molar-refractivity contribution in [2.45, 2.75) is 25.1 Å². The van der Waals surface area contributed by atoms with Crippen molar-refractivity contribution in [1.29, 1.82) is 0 Å². The van der Waals surface area contributed by atoms with E-state index in [0.717, 1.165) is 25.2 Å². The van der Waals surface area contributed by atoms with Gasteiger partial charge in [0.1, 0.15) is 5.82 Å². The zero-order chi connectivity index (χ0) is 9.52. The van der Waals surface area contributed by atoms with Crippen LogP contribution in [0.1, 0.15) is 19.8 Å². The van der Waals surface area contributed by atoms with Crippen molar-refractivity contribution in [3.63, 3.8) is 0 Å². The highest BCUT2D eigenvalue weighted by atomic mass is 35.5. The fourth-order valence-electron chi connectivity index (χ4n) is 1.02. The molecule has 0 aliphatic rings. The second-order valence-corrected chi connectivity index (χ2v) is 3.47. The molecule has 0 saturated carbocycles. The molecule has 0 spiro atoms. The molecule has 1 unspecified atom stereocenters. The van der Waals surface area contributed by atoms with E-state index in [4.69, 9.17) is 11.6 Å². The van der Waals surface area contributed by atoms with Gasteiger partial charge in [-0.1, -0.05) is 13.3 Å². The van der Waals surface area contributed by atoms with Crippen molar-refractivity contribution in [2.24, 2.45) is 0 Å². The summed E-state index contributed by atoms with van der Waals surface area (Å²) in [7, 11) is 0. The molecule has 1 aromatic heterocycles. The van der Waals surface area contributed by atoms with Crippen LogP contribution in [0.4, 0.5) is 5.82 Å². The molecule has 0 aromatic carbocycles. The second-order valence-electron chi connectivity index (χ2n) is 2.86. The molecule has 1 N–H and O–H groups in total. The van der Waals surface area contributed by atoms with Crippen LogP contribution >= 0.6 is 11.6 Å². The summed E-state index contributed by atoms with van der Waals surface area (Å²) in [6.07, 6.45) is 7.13. The number of halogens is 1. The molecule has 0 radical (unpaired) electrons. The summed E-state index contributed by atoms with van der Waals surface area (Å²) < 4.78 is 0. The summed E-state index contributed by atoms with van der Waals surface area (Å²) in [5.41, 5.74) is 0. The Balaban J connectivity index is 2.27. The topological polar surface area (TPSA) is 37.8 Å². The maximum absolute atomic E-state index is 6.02. The van der Waals surface area contributed by atoms with Crippen molar-refractivity contribution in [2.75, 3.05) is 11.9 Å². The van der Waals surface area contributed by atoms with Crippen molar-refractivity contribution >= 4 is 17.4 Å². The van der Waals surface area contributed by atoms with Crippen molar-refractivity contribution in [1.82, 2.24) is 9.97 Å². The zero-order valence-corrected chi connectivity index (χ0v) is 8.46. The van der Waals surface area contributed by atoms with Gasteiger partial charge in [0, 0.05) is 18.9 Å². The highest BCUT2D eigenvalue weighted by Crippen LogP contribution is 2.06. The predicted octanol–water partition coefficient (Wildman–Crippen LogP) is 2.30. The monoisotopic (exact) mass is 199 g/mol. The predicted molar refractivity (Wildman–Crippen MR) is 55.1 cm³/mol. The van der Waals surface area contributed by atoms with Gasteiger partial charge >= 0.3 is 0 Å². The van der Waals surface area contributed by atoms with Gasteiger partial charge in [-0.15, -0.1) is 11.6 Å². The Bertz CT molecular complexity index is 228. The Morgan fingerprint density at radius 3 is 3.00 bits per heavy atom. The van der Waals surface area contributed by atoms with Crippen LogP contribution in [0.15, 0.2) is 18.6 Å². The normalized spacial score (nSPS) is 12.5. The third-order valence-corrected chi connectivity index (χ3v) is 2.04. The first kappa shape index (κ1) is 10.3. The minimum Gasteiger partial charge on any atom is -0.367 e. The number of alkyl halides is 1. The van der Waals surface area contributed by atoms with E-state index in [-0.39, 0.29) is 5.38 Å². The van der Waals surface area contributed by atoms with Crippen LogP contribution in [-0.4, -0.2) is 21.9 Å². The highest BCUT2D eigenvalue weighted by Gasteiger charge is 2.02. The van der Waals surface area contributed by atoms with Gasteiger partial charge in [0.05, 0.1) is 11.6 Å². The molecule has 1 heterocycles. The lowest BCUT2D eigenvalue weighted by Gasteiger charge is -2.09. The molecular weight excluding hydrogens is 186 g/mol. The molecule has 0 bridgehead atoms. The quantitative estimate of drug-likeness (QED) is 0.740. The maximum atomic E-state index is 6.02. The zero-order valence-electron chi connectivity index (χ0n) is 7.70. The van der Waals surface area contributed by atoms with Gasteiger partial charge in [0.15, 0.2) is 0 Å². The summed E-state index contributed by atoms with van der Waals surface area (Å²) in [6, 6.07) is 0. The molecule has 0 amide bonds. The van der Waals surface area contributed by atoms with E-state index in [1.807, 2.05) is 0 Å². The van der Waals surface area contributed by atoms with E-state index in [0.29, 0.717) is 0 Å². The maximum Gasteiger partial charge on any atom is 0.144 e. The van der Waals surface area contributed by atoms with Crippen LogP contribution in [0.3, 0.4) is 0 Å². The number of nitrogens with zero attached hydrogens (tertiary/aromatic N) is 2. The second kappa shape index (κ2) is 5.75. The van der Waals surface area contributed by atoms with Gasteiger partial charge in [0.25, 0.3) is 0 Å². The molecule has 0 saturated heterocycles. The Kier molecular flexibility index (Phi) is 4.54. The van der Waals surface area contributed by atoms with Crippen molar-refractivity contribution in [3.05, 3.63) is 18.6 Å². The number of rotatable bonds is 5. The van der Waals surface area contributed by atoms with Gasteiger partial charge in [-0.3, -0.25) is 4.98 Å². The minimum absolute atomic E-state index is 0.173. The van der Waals surface area contributed by atoms with Crippen LogP contribution < -0.4 is 5.32 Å². The number of hydrogen-bond acceptors (Lipinski definition) is 3. The van der Waals surface area contributed by atoms with Gasteiger partial charge in [-0.25, -0.2) is 4.98 Å². The Labute approximate surface area is 83.5 Å². The van der Waals surface area contributed by atoms with E-state index in [1.165, 1.54) is 0 Å². The minimum atomic E-state index is 0.173. The number of nitrogens with one attached hydrogen (secondary N) is 1. The third-order valence-electron chi connectivity index (χ3n) is 1.67. The fourth-order valence-corrected chi connectivity index (χ4v) is 1.32. The molecule has 1 aromatic rings. The van der Waals surface area contributed by atoms with Crippen molar-refractivity contribution < 1.29 is 0 Å². The van der Waals surface area contributed by atoms with Gasteiger partial charge in [-0.2, -0.15) is 0 Å². The van der Waals surface area contributed by atoms with Crippen LogP contribution in [0.25, 0.3) is 0 Å². The number of anilines is 1. The Hall–Kier alpha value is -0.830. The summed E-state index contributed by atoms with van der Waals surface area (Å²) in [5.74, 6) is 0.782. The van der Waals surface area contributed by atoms with Crippen LogP contribution in [0.5, 0.6) is 0 Å². The first-order valence-corrected chi connectivity index (χ1v) is 4.90. The molecule has 0 fully saturated rings. The molecule has 4 heteroatoms. The Morgan fingerprint density at radius 2 is 2.38 bits per heavy atom. The third kappa shape index (κ3) is 4.08. The lowest BCUT2D eigenvalue weighted by molar-refractivity contribution is 0.750. The smallest absolute Gasteiger partial charge is 0.144 e. The van der Waals surface area contributed by atoms with E-state index < -0.39 is 0 Å². The van der Waals surface area contributed by atoms with Gasteiger partial charge in [-0.05, 0) is 6.42 Å². The number of hydrogen-bond donors (Lipinski definition) is 1. The van der Waals surface area contributed by atoms with Crippen molar-refractivity contribution in [3.8, 4) is 0 Å². The average Bonchev–Trinajstić information content (AvgIpc) is 2.17. The van der Waals surface area contributed by atoms with Crippen LogP contribution in [0, 0.1) is 0 Å². The summed E-state index contributed by atoms with van der Waals surface area (Å²) >= 11 is 6.02. The van der Waals surface area contributed by atoms with E-state index in [2.05, 4.69) is 22.2 Å². The highest BCUT2D eigenvalue weighted by molar-refractivity contribution is 6.20. The molecule has 3 nitrogen and oxygen atoms in total. The lowest BCUT2D eigenvalue weighted by atomic mass is 10.2. The molecule has 0 aliphatic carbocycles. The Morgan fingerprint density at radius 1 is 1.54 bits per heavy atom. The van der Waals surface area contributed by atoms with Gasteiger partial charge in [0.2, 0.25) is 0 Å². The summed E-state index contributed by atoms with van der Waals surface area (Å²) in [6.45, 7) is 2.87. The lowest BCUT2D eigenvalue weighted by Crippen LogP contribution is -2.14. The average molecular weight is 200 g/mol. The van der Waals surface area contributed by atoms with Gasteiger partial charge < -0.3 is 5.32 Å². The first-order chi connectivity index (χ1) is 6.33.